The Bertz CT molecular complexity index is 1070. The number of nitrogens with one attached hydrogen (secondary N) is 2. The van der Waals surface area contributed by atoms with E-state index in [4.69, 9.17) is 38.4 Å². The molecule has 30 heavy (non-hydrogen) atoms. The molecule has 0 aromatic heterocycles. The molecule has 0 spiro atoms. The molecular formula is C22H19Cl2N3O3. The number of rotatable bonds is 7. The lowest BCUT2D eigenvalue weighted by Crippen LogP contribution is -2.29. The minimum atomic E-state index is -0.550. The van der Waals surface area contributed by atoms with Gasteiger partial charge in [-0.3, -0.25) is 4.79 Å². The topological polar surface area (TPSA) is 85.6 Å². The van der Waals surface area contributed by atoms with Crippen LogP contribution in [0.4, 0.5) is 11.4 Å². The normalized spacial score (nSPS) is 12.6. The molecule has 1 amide bonds. The standard InChI is InChI=1S/C22H19Cl2N3O3/c23-15-7-5-14(16(24)10-15)11-29-20-9-13(22(25)28)6-8-19(20)30-12-21-26-17-3-1-2-4-18(17)27-21/h1-10,21,26-27H,11-12H2,(H2,25,28). The van der Waals surface area contributed by atoms with Crippen molar-refractivity contribution in [1.29, 1.82) is 0 Å². The number of anilines is 2. The van der Waals surface area contributed by atoms with E-state index in [1.807, 2.05) is 24.3 Å². The fourth-order valence-electron chi connectivity index (χ4n) is 3.09. The van der Waals surface area contributed by atoms with Crippen molar-refractivity contribution in [2.75, 3.05) is 17.2 Å². The molecule has 1 heterocycles. The Morgan fingerprint density at radius 2 is 1.67 bits per heavy atom. The van der Waals surface area contributed by atoms with Gasteiger partial charge < -0.3 is 25.8 Å². The molecule has 0 saturated heterocycles. The summed E-state index contributed by atoms with van der Waals surface area (Å²) in [6, 6.07) is 17.9. The zero-order valence-corrected chi connectivity index (χ0v) is 17.3. The van der Waals surface area contributed by atoms with Crippen LogP contribution in [0, 0.1) is 0 Å². The Labute approximate surface area is 183 Å². The van der Waals surface area contributed by atoms with Crippen LogP contribution in [0.5, 0.6) is 11.5 Å². The van der Waals surface area contributed by atoms with Crippen molar-refractivity contribution >= 4 is 40.5 Å². The van der Waals surface area contributed by atoms with E-state index in [-0.39, 0.29) is 12.8 Å². The first-order valence-electron chi connectivity index (χ1n) is 9.25. The molecule has 6 nitrogen and oxygen atoms in total. The Balaban J connectivity index is 1.47. The van der Waals surface area contributed by atoms with Gasteiger partial charge in [-0.15, -0.1) is 0 Å². The molecule has 0 atom stereocenters. The third kappa shape index (κ3) is 4.56. The maximum Gasteiger partial charge on any atom is 0.248 e. The van der Waals surface area contributed by atoms with Gasteiger partial charge >= 0.3 is 0 Å². The molecule has 3 aromatic rings. The van der Waals surface area contributed by atoms with Gasteiger partial charge in [0.05, 0.1) is 11.4 Å². The first kappa shape index (κ1) is 20.2. The van der Waals surface area contributed by atoms with Crippen LogP contribution in [0.15, 0.2) is 60.7 Å². The summed E-state index contributed by atoms with van der Waals surface area (Å²) in [7, 11) is 0. The zero-order valence-electron chi connectivity index (χ0n) is 15.8. The number of amides is 1. The number of hydrogen-bond acceptors (Lipinski definition) is 5. The largest absolute Gasteiger partial charge is 0.486 e. The van der Waals surface area contributed by atoms with Crippen molar-refractivity contribution in [3.05, 3.63) is 81.8 Å². The molecule has 1 aliphatic rings. The average Bonchev–Trinajstić information content (AvgIpc) is 3.15. The molecule has 0 saturated carbocycles. The molecule has 0 fully saturated rings. The number of ether oxygens (including phenoxy) is 2. The van der Waals surface area contributed by atoms with Crippen LogP contribution in [0.2, 0.25) is 10.0 Å². The lowest BCUT2D eigenvalue weighted by molar-refractivity contribution is 0.0999. The molecule has 8 heteroatoms. The smallest absolute Gasteiger partial charge is 0.248 e. The van der Waals surface area contributed by atoms with E-state index in [0.29, 0.717) is 33.7 Å². The van der Waals surface area contributed by atoms with Crippen LogP contribution in [-0.4, -0.2) is 18.7 Å². The number of benzene rings is 3. The predicted octanol–water partition coefficient (Wildman–Crippen LogP) is 4.91. The van der Waals surface area contributed by atoms with Crippen molar-refractivity contribution in [3.63, 3.8) is 0 Å². The number of para-hydroxylation sites is 2. The first-order valence-corrected chi connectivity index (χ1v) is 10.0. The van der Waals surface area contributed by atoms with Gasteiger partial charge in [-0.25, -0.2) is 0 Å². The SMILES string of the molecule is NC(=O)c1ccc(OCC2Nc3ccccc3N2)c(OCc2ccc(Cl)cc2Cl)c1. The summed E-state index contributed by atoms with van der Waals surface area (Å²) in [6.45, 7) is 0.516. The first-order chi connectivity index (χ1) is 14.5. The van der Waals surface area contributed by atoms with Crippen molar-refractivity contribution in [2.45, 2.75) is 12.8 Å². The number of halogens is 2. The Morgan fingerprint density at radius 3 is 2.33 bits per heavy atom. The van der Waals surface area contributed by atoms with Crippen LogP contribution >= 0.6 is 23.2 Å². The highest BCUT2D eigenvalue weighted by Gasteiger charge is 2.20. The maximum atomic E-state index is 11.6. The van der Waals surface area contributed by atoms with Crippen LogP contribution in [0.1, 0.15) is 15.9 Å². The van der Waals surface area contributed by atoms with E-state index in [1.54, 1.807) is 36.4 Å². The molecule has 0 bridgehead atoms. The van der Waals surface area contributed by atoms with Gasteiger partial charge in [0.25, 0.3) is 0 Å². The second-order valence-electron chi connectivity index (χ2n) is 6.75. The number of nitrogens with two attached hydrogens (primary N) is 1. The van der Waals surface area contributed by atoms with Gasteiger partial charge in [-0.1, -0.05) is 41.4 Å². The van der Waals surface area contributed by atoms with Crippen molar-refractivity contribution < 1.29 is 14.3 Å². The van der Waals surface area contributed by atoms with Crippen LogP contribution in [0.25, 0.3) is 0 Å². The van der Waals surface area contributed by atoms with Crippen molar-refractivity contribution in [3.8, 4) is 11.5 Å². The lowest BCUT2D eigenvalue weighted by Gasteiger charge is -2.17. The van der Waals surface area contributed by atoms with E-state index in [9.17, 15) is 4.79 Å². The molecule has 4 N–H and O–H groups in total. The predicted molar refractivity (Wildman–Crippen MR) is 119 cm³/mol. The summed E-state index contributed by atoms with van der Waals surface area (Å²) in [4.78, 5) is 11.6. The summed E-state index contributed by atoms with van der Waals surface area (Å²) in [5, 5.41) is 7.72. The third-order valence-electron chi connectivity index (χ3n) is 4.62. The fourth-order valence-corrected chi connectivity index (χ4v) is 3.55. The van der Waals surface area contributed by atoms with Gasteiger partial charge in [-0.05, 0) is 42.5 Å². The highest BCUT2D eigenvalue weighted by molar-refractivity contribution is 6.35. The van der Waals surface area contributed by atoms with Gasteiger partial charge in [0.2, 0.25) is 5.91 Å². The fraction of sp³-hybridized carbons (Fsp3) is 0.136. The highest BCUT2D eigenvalue weighted by atomic mass is 35.5. The molecule has 1 aliphatic heterocycles. The number of primary amides is 1. The van der Waals surface area contributed by atoms with E-state index < -0.39 is 5.91 Å². The van der Waals surface area contributed by atoms with Crippen molar-refractivity contribution in [1.82, 2.24) is 0 Å². The molecule has 0 aliphatic carbocycles. The second kappa shape index (κ2) is 8.73. The summed E-state index contributed by atoms with van der Waals surface area (Å²) in [6.07, 6.45) is -0.100. The van der Waals surface area contributed by atoms with Gasteiger partial charge in [-0.2, -0.15) is 0 Å². The van der Waals surface area contributed by atoms with E-state index >= 15 is 0 Å². The second-order valence-corrected chi connectivity index (χ2v) is 7.59. The Hall–Kier alpha value is -3.09. The van der Waals surface area contributed by atoms with E-state index in [0.717, 1.165) is 16.9 Å². The van der Waals surface area contributed by atoms with Crippen LogP contribution in [0.3, 0.4) is 0 Å². The third-order valence-corrected chi connectivity index (χ3v) is 5.21. The molecule has 154 valence electrons. The van der Waals surface area contributed by atoms with E-state index in [1.165, 1.54) is 0 Å². The Kier molecular flexibility index (Phi) is 5.88. The van der Waals surface area contributed by atoms with Gasteiger partial charge in [0, 0.05) is 21.2 Å². The molecule has 0 unspecified atom stereocenters. The van der Waals surface area contributed by atoms with Crippen molar-refractivity contribution in [2.24, 2.45) is 5.73 Å². The monoisotopic (exact) mass is 443 g/mol. The molecule has 4 rings (SSSR count). The molecule has 3 aromatic carbocycles. The van der Waals surface area contributed by atoms with Gasteiger partial charge in [0.15, 0.2) is 11.5 Å². The Morgan fingerprint density at radius 1 is 0.933 bits per heavy atom. The van der Waals surface area contributed by atoms with Crippen LogP contribution < -0.4 is 25.8 Å². The summed E-state index contributed by atoms with van der Waals surface area (Å²) in [5.41, 5.74) is 8.53. The number of carbonyl (C=O) groups is 1. The number of fused-ring (bicyclic) bond motifs is 1. The zero-order chi connectivity index (χ0) is 21.1. The minimum absolute atomic E-state index is 0.100. The maximum absolute atomic E-state index is 11.6. The van der Waals surface area contributed by atoms with E-state index in [2.05, 4.69) is 10.6 Å². The highest BCUT2D eigenvalue weighted by Crippen LogP contribution is 2.32. The lowest BCUT2D eigenvalue weighted by atomic mass is 10.2. The minimum Gasteiger partial charge on any atom is -0.486 e. The summed E-state index contributed by atoms with van der Waals surface area (Å²) >= 11 is 12.2. The molecule has 0 radical (unpaired) electrons. The summed E-state index contributed by atoms with van der Waals surface area (Å²) in [5.74, 6) is 0.336. The average molecular weight is 444 g/mol. The quantitative estimate of drug-likeness (QED) is 0.482. The van der Waals surface area contributed by atoms with Crippen LogP contribution in [-0.2, 0) is 6.61 Å². The van der Waals surface area contributed by atoms with Gasteiger partial charge in [0.1, 0.15) is 19.4 Å². The summed E-state index contributed by atoms with van der Waals surface area (Å²) < 4.78 is 11.9. The number of carbonyl (C=O) groups excluding carboxylic acids is 1. The number of hydrogen-bond donors (Lipinski definition) is 3. The molecular weight excluding hydrogens is 425 g/mol.